The van der Waals surface area contributed by atoms with Gasteiger partial charge in [0.15, 0.2) is 6.61 Å². The Labute approximate surface area is 215 Å². The van der Waals surface area contributed by atoms with Crippen molar-refractivity contribution in [1.29, 1.82) is 0 Å². The molecule has 0 aliphatic heterocycles. The standard InChI is InChI=1S/C27H24F3NO3S2/c1-3-33-25(32)16-34-23-11-9-21(14-17(23)2)35-13-12-18-4-10-22-24(15-18)36-26(31-22)19-5-7-20(8-6-19)27(28,29)30/h4-11,14-15H,3,12-13,16H2,1-2H3. The lowest BCUT2D eigenvalue weighted by Gasteiger charge is -2.10. The fourth-order valence-electron chi connectivity index (χ4n) is 3.55. The zero-order chi connectivity index (χ0) is 25.7. The first-order valence-electron chi connectivity index (χ1n) is 11.3. The maximum atomic E-state index is 12.8. The van der Waals surface area contributed by atoms with E-state index in [0.717, 1.165) is 45.0 Å². The molecule has 0 saturated carbocycles. The summed E-state index contributed by atoms with van der Waals surface area (Å²) in [5, 5.41) is 0.700. The quantitative estimate of drug-likeness (QED) is 0.165. The molecule has 0 N–H and O–H groups in total. The van der Waals surface area contributed by atoms with Gasteiger partial charge in [-0.15, -0.1) is 23.1 Å². The van der Waals surface area contributed by atoms with Crippen LogP contribution in [0.2, 0.25) is 0 Å². The third-order valence-corrected chi connectivity index (χ3v) is 7.43. The number of thioether (sulfide) groups is 1. The number of esters is 1. The van der Waals surface area contributed by atoms with E-state index in [2.05, 4.69) is 11.1 Å². The summed E-state index contributed by atoms with van der Waals surface area (Å²) in [6.45, 7) is 3.91. The smallest absolute Gasteiger partial charge is 0.416 e. The minimum atomic E-state index is -4.35. The number of nitrogens with zero attached hydrogens (tertiary/aromatic N) is 1. The Morgan fingerprint density at radius 1 is 1.06 bits per heavy atom. The van der Waals surface area contributed by atoms with E-state index in [-0.39, 0.29) is 12.6 Å². The Hall–Kier alpha value is -3.04. The van der Waals surface area contributed by atoms with Crippen LogP contribution in [0.3, 0.4) is 0 Å². The number of carbonyl (C=O) groups excluding carboxylic acids is 1. The molecule has 3 aromatic carbocycles. The van der Waals surface area contributed by atoms with Gasteiger partial charge in [0, 0.05) is 16.2 Å². The second-order valence-electron chi connectivity index (χ2n) is 8.02. The van der Waals surface area contributed by atoms with Crippen LogP contribution in [-0.4, -0.2) is 29.9 Å². The zero-order valence-corrected chi connectivity index (χ0v) is 21.4. The van der Waals surface area contributed by atoms with Gasteiger partial charge in [0.1, 0.15) is 10.8 Å². The number of benzene rings is 3. The lowest BCUT2D eigenvalue weighted by Crippen LogP contribution is -2.14. The first kappa shape index (κ1) is 26.0. The SMILES string of the molecule is CCOC(=O)COc1ccc(SCCc2ccc3nc(-c4ccc(C(F)(F)F)cc4)sc3c2)cc1C. The predicted molar refractivity (Wildman–Crippen MR) is 138 cm³/mol. The van der Waals surface area contributed by atoms with Gasteiger partial charge in [0.25, 0.3) is 0 Å². The molecular weight excluding hydrogens is 507 g/mol. The zero-order valence-electron chi connectivity index (χ0n) is 19.7. The summed E-state index contributed by atoms with van der Waals surface area (Å²) in [6.07, 6.45) is -3.49. The van der Waals surface area contributed by atoms with Crippen molar-refractivity contribution in [2.45, 2.75) is 31.3 Å². The molecule has 0 fully saturated rings. The number of ether oxygens (including phenoxy) is 2. The molecule has 36 heavy (non-hydrogen) atoms. The highest BCUT2D eigenvalue weighted by Gasteiger charge is 2.30. The number of carbonyl (C=O) groups is 1. The molecule has 0 aliphatic rings. The van der Waals surface area contributed by atoms with Crippen molar-refractivity contribution >= 4 is 39.3 Å². The molecular formula is C27H24F3NO3S2. The summed E-state index contributed by atoms with van der Waals surface area (Å²) in [4.78, 5) is 17.2. The number of rotatable bonds is 9. The van der Waals surface area contributed by atoms with Crippen LogP contribution in [0.15, 0.2) is 65.6 Å². The third-order valence-electron chi connectivity index (χ3n) is 5.37. The highest BCUT2D eigenvalue weighted by Crippen LogP contribution is 2.34. The molecule has 0 bridgehead atoms. The van der Waals surface area contributed by atoms with Crippen molar-refractivity contribution in [3.63, 3.8) is 0 Å². The molecule has 0 radical (unpaired) electrons. The normalized spacial score (nSPS) is 11.6. The van der Waals surface area contributed by atoms with Gasteiger partial charge < -0.3 is 9.47 Å². The van der Waals surface area contributed by atoms with Crippen LogP contribution in [0.5, 0.6) is 5.75 Å². The Morgan fingerprint density at radius 3 is 2.53 bits per heavy atom. The average molecular weight is 532 g/mol. The first-order valence-corrected chi connectivity index (χ1v) is 13.1. The van der Waals surface area contributed by atoms with Gasteiger partial charge in [0.05, 0.1) is 22.4 Å². The minimum Gasteiger partial charge on any atom is -0.482 e. The van der Waals surface area contributed by atoms with E-state index in [1.165, 1.54) is 29.0 Å². The Bertz CT molecular complexity index is 1350. The lowest BCUT2D eigenvalue weighted by molar-refractivity contribution is -0.145. The van der Waals surface area contributed by atoms with Gasteiger partial charge >= 0.3 is 12.1 Å². The van der Waals surface area contributed by atoms with Crippen molar-refractivity contribution in [1.82, 2.24) is 4.98 Å². The summed E-state index contributed by atoms with van der Waals surface area (Å²) in [6, 6.07) is 17.1. The molecule has 0 amide bonds. The van der Waals surface area contributed by atoms with Crippen LogP contribution in [0.25, 0.3) is 20.8 Å². The maximum Gasteiger partial charge on any atom is 0.416 e. The molecule has 0 atom stereocenters. The number of aryl methyl sites for hydroxylation is 2. The van der Waals surface area contributed by atoms with Crippen LogP contribution in [0.1, 0.15) is 23.6 Å². The molecule has 1 heterocycles. The summed E-state index contributed by atoms with van der Waals surface area (Å²) in [5.74, 6) is 1.14. The fourth-order valence-corrected chi connectivity index (χ4v) is 5.58. The number of fused-ring (bicyclic) bond motifs is 1. The molecule has 0 saturated heterocycles. The van der Waals surface area contributed by atoms with Crippen LogP contribution < -0.4 is 4.74 Å². The third kappa shape index (κ3) is 6.59. The van der Waals surface area contributed by atoms with Gasteiger partial charge in [-0.2, -0.15) is 13.2 Å². The van der Waals surface area contributed by atoms with Crippen LogP contribution in [0, 0.1) is 6.92 Å². The molecule has 4 nitrogen and oxygen atoms in total. The largest absolute Gasteiger partial charge is 0.482 e. The molecule has 0 aliphatic carbocycles. The molecule has 188 valence electrons. The van der Waals surface area contributed by atoms with Gasteiger partial charge in [-0.1, -0.05) is 18.2 Å². The topological polar surface area (TPSA) is 48.4 Å². The fraction of sp³-hybridized carbons (Fsp3) is 0.259. The van der Waals surface area contributed by atoms with Crippen molar-refractivity contribution in [2.75, 3.05) is 19.0 Å². The number of alkyl halides is 3. The number of thiazole rings is 1. The number of hydrogen-bond donors (Lipinski definition) is 0. The second kappa shape index (κ2) is 11.3. The van der Waals surface area contributed by atoms with Crippen LogP contribution in [0.4, 0.5) is 13.2 Å². The highest BCUT2D eigenvalue weighted by molar-refractivity contribution is 7.99. The molecule has 4 rings (SSSR count). The minimum absolute atomic E-state index is 0.109. The average Bonchev–Trinajstić information content (AvgIpc) is 3.27. The monoisotopic (exact) mass is 531 g/mol. The molecule has 9 heteroatoms. The first-order chi connectivity index (χ1) is 17.2. The number of halogens is 3. The molecule has 1 aromatic heterocycles. The van der Waals surface area contributed by atoms with E-state index in [1.54, 1.807) is 18.7 Å². The van der Waals surface area contributed by atoms with Crippen LogP contribution >= 0.6 is 23.1 Å². The van der Waals surface area contributed by atoms with E-state index in [9.17, 15) is 18.0 Å². The number of hydrogen-bond acceptors (Lipinski definition) is 6. The van der Waals surface area contributed by atoms with Crippen LogP contribution in [-0.2, 0) is 22.1 Å². The summed E-state index contributed by atoms with van der Waals surface area (Å²) >= 11 is 3.20. The van der Waals surface area contributed by atoms with E-state index >= 15 is 0 Å². The van der Waals surface area contributed by atoms with Gasteiger partial charge in [0.2, 0.25) is 0 Å². The van der Waals surface area contributed by atoms with Gasteiger partial charge in [-0.05, 0) is 73.9 Å². The van der Waals surface area contributed by atoms with Gasteiger partial charge in [-0.3, -0.25) is 0 Å². The highest BCUT2D eigenvalue weighted by atomic mass is 32.2. The summed E-state index contributed by atoms with van der Waals surface area (Å²) in [7, 11) is 0. The van der Waals surface area contributed by atoms with Crippen molar-refractivity contribution < 1.29 is 27.4 Å². The Morgan fingerprint density at radius 2 is 1.83 bits per heavy atom. The second-order valence-corrected chi connectivity index (χ2v) is 10.2. The van der Waals surface area contributed by atoms with Crippen molar-refractivity contribution in [3.8, 4) is 16.3 Å². The number of aromatic nitrogens is 1. The van der Waals surface area contributed by atoms with Gasteiger partial charge in [-0.25, -0.2) is 9.78 Å². The predicted octanol–water partition coefficient (Wildman–Crippen LogP) is 7.57. The lowest BCUT2D eigenvalue weighted by atomic mass is 10.1. The maximum absolute atomic E-state index is 12.8. The van der Waals surface area contributed by atoms with E-state index in [0.29, 0.717) is 22.9 Å². The van der Waals surface area contributed by atoms with Crippen molar-refractivity contribution in [3.05, 3.63) is 77.4 Å². The van der Waals surface area contributed by atoms with E-state index < -0.39 is 11.7 Å². The summed E-state index contributed by atoms with van der Waals surface area (Å²) in [5.41, 5.74) is 2.96. The van der Waals surface area contributed by atoms with E-state index in [1.807, 2.05) is 37.3 Å². The summed E-state index contributed by atoms with van der Waals surface area (Å²) < 4.78 is 49.9. The van der Waals surface area contributed by atoms with Crippen molar-refractivity contribution in [2.24, 2.45) is 0 Å². The molecule has 0 spiro atoms. The van der Waals surface area contributed by atoms with E-state index in [4.69, 9.17) is 9.47 Å². The Balaban J connectivity index is 1.35. The molecule has 0 unspecified atom stereocenters. The Kier molecular flexibility index (Phi) is 8.21. The molecule has 4 aromatic rings.